The molecule has 0 bridgehead atoms. The molecular weight excluding hydrogens is 311 g/mol. The first-order chi connectivity index (χ1) is 11.5. The molecule has 2 aromatic rings. The Morgan fingerprint density at radius 3 is 2.79 bits per heavy atom. The minimum atomic E-state index is -0.384. The Morgan fingerprint density at radius 2 is 2.08 bits per heavy atom. The molecule has 0 saturated carbocycles. The number of likely N-dealkylation sites (tertiary alicyclic amines) is 1. The summed E-state index contributed by atoms with van der Waals surface area (Å²) in [6.45, 7) is 2.25. The molecule has 2 atom stereocenters. The van der Waals surface area contributed by atoms with Crippen LogP contribution in [0.15, 0.2) is 36.5 Å². The Morgan fingerprint density at radius 1 is 1.29 bits per heavy atom. The van der Waals surface area contributed by atoms with E-state index in [1.54, 1.807) is 29.3 Å². The molecule has 1 fully saturated rings. The van der Waals surface area contributed by atoms with Gasteiger partial charge in [0.15, 0.2) is 5.69 Å². The first-order valence-electron chi connectivity index (χ1n) is 7.87. The second-order valence-electron chi connectivity index (χ2n) is 6.11. The van der Waals surface area contributed by atoms with Gasteiger partial charge in [0.2, 0.25) is 5.91 Å². The van der Waals surface area contributed by atoms with Gasteiger partial charge in [-0.15, -0.1) is 0 Å². The first kappa shape index (κ1) is 16.2. The number of amides is 2. The number of nitrogens with two attached hydrogens (primary N) is 1. The van der Waals surface area contributed by atoms with Crippen molar-refractivity contribution in [3.63, 3.8) is 0 Å². The highest BCUT2D eigenvalue weighted by molar-refractivity contribution is 5.93. The van der Waals surface area contributed by atoms with E-state index in [-0.39, 0.29) is 35.3 Å². The number of carbonyl (C=O) groups is 2. The van der Waals surface area contributed by atoms with E-state index < -0.39 is 0 Å². The van der Waals surface area contributed by atoms with Crippen LogP contribution < -0.4 is 5.73 Å². The van der Waals surface area contributed by atoms with Crippen LogP contribution in [-0.2, 0) is 4.79 Å². The summed E-state index contributed by atoms with van der Waals surface area (Å²) in [6.07, 6.45) is 3.03. The van der Waals surface area contributed by atoms with Gasteiger partial charge < -0.3 is 10.6 Å². The topological polar surface area (TPSA) is 81.2 Å². The number of hydrogen-bond acceptors (Lipinski definition) is 3. The van der Waals surface area contributed by atoms with Crippen molar-refractivity contribution in [2.45, 2.75) is 25.8 Å². The first-order valence-corrected chi connectivity index (χ1v) is 7.87. The largest absolute Gasteiger partial charge is 0.369 e. The van der Waals surface area contributed by atoms with E-state index in [1.807, 2.05) is 6.92 Å². The van der Waals surface area contributed by atoms with Crippen molar-refractivity contribution in [1.82, 2.24) is 14.7 Å². The summed E-state index contributed by atoms with van der Waals surface area (Å²) < 4.78 is 14.8. The number of hydrogen-bond donors (Lipinski definition) is 1. The summed E-state index contributed by atoms with van der Waals surface area (Å²) in [5, 5.41) is 4.24. The van der Waals surface area contributed by atoms with Gasteiger partial charge in [0, 0.05) is 18.8 Å². The number of primary amides is 1. The van der Waals surface area contributed by atoms with Crippen molar-refractivity contribution in [2.75, 3.05) is 6.54 Å². The fourth-order valence-electron chi connectivity index (χ4n) is 2.97. The lowest BCUT2D eigenvalue weighted by Gasteiger charge is -2.36. The van der Waals surface area contributed by atoms with E-state index in [0.29, 0.717) is 18.7 Å². The van der Waals surface area contributed by atoms with Gasteiger partial charge in [-0.25, -0.2) is 9.07 Å². The number of benzene rings is 1. The van der Waals surface area contributed by atoms with E-state index in [1.165, 1.54) is 16.8 Å². The smallest absolute Gasteiger partial charge is 0.274 e. The van der Waals surface area contributed by atoms with E-state index >= 15 is 0 Å². The average molecular weight is 330 g/mol. The van der Waals surface area contributed by atoms with E-state index in [0.717, 1.165) is 6.42 Å². The van der Waals surface area contributed by atoms with Gasteiger partial charge in [-0.05, 0) is 44.0 Å². The molecule has 3 rings (SSSR count). The second kappa shape index (κ2) is 6.43. The number of nitrogens with zero attached hydrogens (tertiary/aromatic N) is 3. The molecule has 24 heavy (non-hydrogen) atoms. The van der Waals surface area contributed by atoms with Crippen molar-refractivity contribution >= 4 is 11.8 Å². The molecule has 0 aliphatic carbocycles. The molecule has 1 saturated heterocycles. The lowest BCUT2D eigenvalue weighted by Crippen LogP contribution is -2.48. The average Bonchev–Trinajstić information content (AvgIpc) is 3.04. The fraction of sp³-hybridized carbons (Fsp3) is 0.353. The Kier molecular flexibility index (Phi) is 4.33. The number of rotatable bonds is 3. The normalized spacial score (nSPS) is 20.8. The summed E-state index contributed by atoms with van der Waals surface area (Å²) in [5.74, 6) is -1.33. The molecule has 2 N–H and O–H groups in total. The standard InChI is InChI=1S/C17H19FN4O2/c1-11-5-6-12(16(19)23)10-21(11)17(24)15-7-8-22(20-15)14-4-2-3-13(18)9-14/h2-4,7-9,11-12H,5-6,10H2,1H3,(H2,19,23)/t11-,12-/m1/s1. The molecule has 2 amide bonds. The quantitative estimate of drug-likeness (QED) is 0.931. The van der Waals surface area contributed by atoms with Gasteiger partial charge in [0.05, 0.1) is 11.6 Å². The van der Waals surface area contributed by atoms with Crippen molar-refractivity contribution in [3.8, 4) is 5.69 Å². The van der Waals surface area contributed by atoms with E-state index in [4.69, 9.17) is 5.73 Å². The van der Waals surface area contributed by atoms with Crippen LogP contribution in [0, 0.1) is 11.7 Å². The van der Waals surface area contributed by atoms with Crippen LogP contribution in [0.25, 0.3) is 5.69 Å². The molecule has 0 unspecified atom stereocenters. The molecule has 7 heteroatoms. The number of halogens is 1. The summed E-state index contributed by atoms with van der Waals surface area (Å²) >= 11 is 0. The van der Waals surface area contributed by atoms with Crippen LogP contribution in [0.2, 0.25) is 0 Å². The molecule has 1 aromatic carbocycles. The summed E-state index contributed by atoms with van der Waals surface area (Å²) in [7, 11) is 0. The van der Waals surface area contributed by atoms with Crippen LogP contribution in [0.5, 0.6) is 0 Å². The van der Waals surface area contributed by atoms with Gasteiger partial charge in [-0.2, -0.15) is 5.10 Å². The van der Waals surface area contributed by atoms with Crippen molar-refractivity contribution in [2.24, 2.45) is 11.7 Å². The minimum Gasteiger partial charge on any atom is -0.369 e. The zero-order valence-electron chi connectivity index (χ0n) is 13.4. The molecule has 0 spiro atoms. The lowest BCUT2D eigenvalue weighted by atomic mass is 9.92. The van der Waals surface area contributed by atoms with Crippen LogP contribution >= 0.6 is 0 Å². The van der Waals surface area contributed by atoms with Gasteiger partial charge in [-0.1, -0.05) is 6.07 Å². The number of carbonyl (C=O) groups excluding carboxylic acids is 2. The molecular formula is C17H19FN4O2. The maximum absolute atomic E-state index is 13.3. The lowest BCUT2D eigenvalue weighted by molar-refractivity contribution is -0.123. The Hall–Kier alpha value is -2.70. The molecule has 2 heterocycles. The van der Waals surface area contributed by atoms with Crippen LogP contribution in [0.3, 0.4) is 0 Å². The summed E-state index contributed by atoms with van der Waals surface area (Å²) in [4.78, 5) is 25.8. The third-order valence-electron chi connectivity index (χ3n) is 4.43. The summed E-state index contributed by atoms with van der Waals surface area (Å²) in [5.41, 5.74) is 6.17. The molecule has 0 radical (unpaired) electrons. The summed E-state index contributed by atoms with van der Waals surface area (Å²) in [6, 6.07) is 7.59. The molecule has 1 aliphatic rings. The van der Waals surface area contributed by atoms with Crippen LogP contribution in [-0.4, -0.2) is 39.1 Å². The Balaban J connectivity index is 1.81. The predicted molar refractivity (Wildman–Crippen MR) is 85.9 cm³/mol. The number of aromatic nitrogens is 2. The van der Waals surface area contributed by atoms with Crippen molar-refractivity contribution in [3.05, 3.63) is 48.0 Å². The van der Waals surface area contributed by atoms with E-state index in [9.17, 15) is 14.0 Å². The minimum absolute atomic E-state index is 0.0208. The Labute approximate surface area is 139 Å². The van der Waals surface area contributed by atoms with Crippen LogP contribution in [0.4, 0.5) is 4.39 Å². The fourth-order valence-corrected chi connectivity index (χ4v) is 2.97. The number of piperidine rings is 1. The predicted octanol–water partition coefficient (Wildman–Crippen LogP) is 1.74. The highest BCUT2D eigenvalue weighted by atomic mass is 19.1. The van der Waals surface area contributed by atoms with E-state index in [2.05, 4.69) is 5.10 Å². The third-order valence-corrected chi connectivity index (χ3v) is 4.43. The zero-order valence-corrected chi connectivity index (χ0v) is 13.4. The van der Waals surface area contributed by atoms with Crippen LogP contribution in [0.1, 0.15) is 30.3 Å². The molecule has 6 nitrogen and oxygen atoms in total. The van der Waals surface area contributed by atoms with Gasteiger partial charge in [-0.3, -0.25) is 9.59 Å². The SMILES string of the molecule is C[C@@H]1CC[C@@H](C(N)=O)CN1C(=O)c1ccn(-c2cccc(F)c2)n1. The zero-order chi connectivity index (χ0) is 17.3. The van der Waals surface area contributed by atoms with Gasteiger partial charge >= 0.3 is 0 Å². The van der Waals surface area contributed by atoms with Crippen molar-refractivity contribution in [1.29, 1.82) is 0 Å². The Bertz CT molecular complexity index is 773. The monoisotopic (exact) mass is 330 g/mol. The molecule has 1 aromatic heterocycles. The van der Waals surface area contributed by atoms with Crippen molar-refractivity contribution < 1.29 is 14.0 Å². The van der Waals surface area contributed by atoms with Gasteiger partial charge in [0.1, 0.15) is 5.82 Å². The molecule has 1 aliphatic heterocycles. The van der Waals surface area contributed by atoms with Gasteiger partial charge in [0.25, 0.3) is 5.91 Å². The highest BCUT2D eigenvalue weighted by Crippen LogP contribution is 2.23. The molecule has 126 valence electrons. The maximum atomic E-state index is 13.3. The third kappa shape index (κ3) is 3.15. The maximum Gasteiger partial charge on any atom is 0.274 e. The second-order valence-corrected chi connectivity index (χ2v) is 6.11. The highest BCUT2D eigenvalue weighted by Gasteiger charge is 2.32.